The number of carbonyl (C=O) groups is 3. The zero-order valence-electron chi connectivity index (χ0n) is 11.0. The topological polar surface area (TPSA) is 106 Å². The summed E-state index contributed by atoms with van der Waals surface area (Å²) in [5, 5.41) is 2.63. The van der Waals surface area contributed by atoms with Crippen molar-refractivity contribution in [3.05, 3.63) is 18.2 Å². The van der Waals surface area contributed by atoms with Gasteiger partial charge in [-0.1, -0.05) is 0 Å². The summed E-state index contributed by atoms with van der Waals surface area (Å²) < 4.78 is 10.8. The summed E-state index contributed by atoms with van der Waals surface area (Å²) in [6.07, 6.45) is -0.216. The fraction of sp³-hybridized carbons (Fsp3) is 0.308. The number of ether oxygens (including phenoxy) is 2. The fourth-order valence-corrected chi connectivity index (χ4v) is 2.12. The Morgan fingerprint density at radius 3 is 2.52 bits per heavy atom. The summed E-state index contributed by atoms with van der Waals surface area (Å²) >= 11 is 0. The molecule has 0 aliphatic carbocycles. The molecular weight excluding hydrogens is 278 g/mol. The number of hydrazine groups is 1. The third-order valence-corrected chi connectivity index (χ3v) is 3.16. The Morgan fingerprint density at radius 2 is 1.81 bits per heavy atom. The molecule has 8 heteroatoms. The van der Waals surface area contributed by atoms with Gasteiger partial charge in [0.05, 0.1) is 0 Å². The third kappa shape index (κ3) is 2.73. The van der Waals surface area contributed by atoms with Gasteiger partial charge < -0.3 is 14.8 Å². The van der Waals surface area contributed by atoms with E-state index in [2.05, 4.69) is 16.2 Å². The summed E-state index contributed by atoms with van der Waals surface area (Å²) in [7, 11) is 0. The molecule has 8 nitrogen and oxygen atoms in total. The van der Waals surface area contributed by atoms with Gasteiger partial charge in [-0.05, 0) is 12.1 Å². The summed E-state index contributed by atoms with van der Waals surface area (Å²) in [5.41, 5.74) is 4.87. The van der Waals surface area contributed by atoms with E-state index in [4.69, 9.17) is 9.47 Å². The second kappa shape index (κ2) is 5.31. The van der Waals surface area contributed by atoms with E-state index in [1.807, 2.05) is 0 Å². The highest BCUT2D eigenvalue weighted by molar-refractivity contribution is 6.08. The van der Waals surface area contributed by atoms with Crippen molar-refractivity contribution in [3.63, 3.8) is 0 Å². The normalized spacial score (nSPS) is 17.1. The summed E-state index contributed by atoms with van der Waals surface area (Å²) in [6.45, 7) is 0.942. The van der Waals surface area contributed by atoms with Crippen LogP contribution in [-0.4, -0.2) is 30.9 Å². The molecule has 0 bridgehead atoms. The lowest BCUT2D eigenvalue weighted by molar-refractivity contribution is -0.131. The molecule has 0 saturated carbocycles. The zero-order valence-corrected chi connectivity index (χ0v) is 11.0. The van der Waals surface area contributed by atoms with Crippen molar-refractivity contribution in [2.24, 2.45) is 5.92 Å². The molecule has 3 amide bonds. The van der Waals surface area contributed by atoms with E-state index in [1.165, 1.54) is 0 Å². The minimum absolute atomic E-state index is 0.216. The molecule has 1 aromatic carbocycles. The van der Waals surface area contributed by atoms with E-state index >= 15 is 0 Å². The van der Waals surface area contributed by atoms with Crippen LogP contribution >= 0.6 is 0 Å². The molecule has 2 heterocycles. The van der Waals surface area contributed by atoms with Crippen LogP contribution in [-0.2, 0) is 14.4 Å². The molecule has 3 N–H and O–H groups in total. The maximum Gasteiger partial charge on any atom is 0.251 e. The lowest BCUT2D eigenvalue weighted by Gasteiger charge is -2.19. The first-order valence-corrected chi connectivity index (χ1v) is 6.43. The number of hydrogen-bond donors (Lipinski definition) is 3. The fourth-order valence-electron chi connectivity index (χ4n) is 2.12. The minimum Gasteiger partial charge on any atom is -0.486 e. The highest BCUT2D eigenvalue weighted by Crippen LogP contribution is 2.32. The Labute approximate surface area is 119 Å². The molecule has 21 heavy (non-hydrogen) atoms. The van der Waals surface area contributed by atoms with Gasteiger partial charge in [-0.3, -0.25) is 25.2 Å². The molecule has 110 valence electrons. The largest absolute Gasteiger partial charge is 0.486 e. The van der Waals surface area contributed by atoms with Gasteiger partial charge in [0.1, 0.15) is 19.1 Å². The Balaban J connectivity index is 1.65. The minimum atomic E-state index is -0.998. The van der Waals surface area contributed by atoms with Crippen LogP contribution in [0.15, 0.2) is 18.2 Å². The quantitative estimate of drug-likeness (QED) is 0.655. The number of carbonyl (C=O) groups excluding carboxylic acids is 3. The van der Waals surface area contributed by atoms with Gasteiger partial charge in [-0.25, -0.2) is 0 Å². The van der Waals surface area contributed by atoms with E-state index in [0.717, 1.165) is 0 Å². The van der Waals surface area contributed by atoms with E-state index in [1.54, 1.807) is 18.2 Å². The Kier molecular flexibility index (Phi) is 3.35. The van der Waals surface area contributed by atoms with Gasteiger partial charge in [0.15, 0.2) is 11.5 Å². The smallest absolute Gasteiger partial charge is 0.251 e. The van der Waals surface area contributed by atoms with Crippen molar-refractivity contribution < 1.29 is 23.9 Å². The van der Waals surface area contributed by atoms with Crippen LogP contribution in [0.25, 0.3) is 0 Å². The van der Waals surface area contributed by atoms with Gasteiger partial charge >= 0.3 is 0 Å². The third-order valence-electron chi connectivity index (χ3n) is 3.16. The standard InChI is InChI=1S/C13H13N3O5/c17-11(6-8-12(18)15-16-13(8)19)14-7-1-2-9-10(5-7)21-4-3-20-9/h1-2,5,8H,3-4,6H2,(H,14,17)(H,15,18)(H,16,19). The van der Waals surface area contributed by atoms with Crippen molar-refractivity contribution in [1.29, 1.82) is 0 Å². The monoisotopic (exact) mass is 291 g/mol. The number of amides is 3. The molecule has 3 rings (SSSR count). The number of fused-ring (bicyclic) bond motifs is 1. The predicted molar refractivity (Wildman–Crippen MR) is 70.5 cm³/mol. The summed E-state index contributed by atoms with van der Waals surface area (Å²) in [6, 6.07) is 5.00. The van der Waals surface area contributed by atoms with Crippen molar-refractivity contribution in [3.8, 4) is 11.5 Å². The first kappa shape index (κ1) is 13.2. The maximum atomic E-state index is 11.9. The van der Waals surface area contributed by atoms with Crippen molar-refractivity contribution in [2.75, 3.05) is 18.5 Å². The number of nitrogens with one attached hydrogen (secondary N) is 3. The van der Waals surface area contributed by atoms with E-state index in [-0.39, 0.29) is 6.42 Å². The van der Waals surface area contributed by atoms with Gasteiger partial charge in [0, 0.05) is 18.2 Å². The van der Waals surface area contributed by atoms with Crippen LogP contribution < -0.4 is 25.6 Å². The molecule has 2 aliphatic heterocycles. The second-order valence-corrected chi connectivity index (χ2v) is 4.64. The maximum absolute atomic E-state index is 11.9. The zero-order chi connectivity index (χ0) is 14.8. The SMILES string of the molecule is O=C(CC1C(=O)NNC1=O)Nc1ccc2c(c1)OCCO2. The average molecular weight is 291 g/mol. The molecule has 2 aliphatic rings. The van der Waals surface area contributed by atoms with Crippen LogP contribution in [0.5, 0.6) is 11.5 Å². The number of rotatable bonds is 3. The lowest BCUT2D eigenvalue weighted by atomic mass is 10.1. The van der Waals surface area contributed by atoms with Crippen molar-refractivity contribution >= 4 is 23.4 Å². The molecule has 1 saturated heterocycles. The van der Waals surface area contributed by atoms with Crippen LogP contribution in [0.2, 0.25) is 0 Å². The van der Waals surface area contributed by atoms with E-state index < -0.39 is 23.6 Å². The van der Waals surface area contributed by atoms with Gasteiger partial charge in [-0.15, -0.1) is 0 Å². The molecule has 1 fully saturated rings. The highest BCUT2D eigenvalue weighted by Gasteiger charge is 2.34. The molecular formula is C13H13N3O5. The highest BCUT2D eigenvalue weighted by atomic mass is 16.6. The van der Waals surface area contributed by atoms with Gasteiger partial charge in [-0.2, -0.15) is 0 Å². The van der Waals surface area contributed by atoms with Crippen LogP contribution in [0, 0.1) is 5.92 Å². The van der Waals surface area contributed by atoms with Crippen LogP contribution in [0.3, 0.4) is 0 Å². The molecule has 0 spiro atoms. The summed E-state index contributed by atoms with van der Waals surface area (Å²) in [4.78, 5) is 34.6. The molecule has 0 aromatic heterocycles. The molecule has 0 radical (unpaired) electrons. The van der Waals surface area contributed by atoms with Crippen LogP contribution in [0.4, 0.5) is 5.69 Å². The second-order valence-electron chi connectivity index (χ2n) is 4.64. The van der Waals surface area contributed by atoms with Crippen molar-refractivity contribution in [1.82, 2.24) is 10.9 Å². The number of hydrogen-bond acceptors (Lipinski definition) is 5. The van der Waals surface area contributed by atoms with Gasteiger partial charge in [0.25, 0.3) is 11.8 Å². The number of anilines is 1. The predicted octanol–water partition coefficient (Wildman–Crippen LogP) is -0.436. The Bertz CT molecular complexity index is 600. The molecule has 0 unspecified atom stereocenters. The Morgan fingerprint density at radius 1 is 1.14 bits per heavy atom. The lowest BCUT2D eigenvalue weighted by Crippen LogP contribution is -2.28. The van der Waals surface area contributed by atoms with Crippen LogP contribution in [0.1, 0.15) is 6.42 Å². The first-order valence-electron chi connectivity index (χ1n) is 6.43. The Hall–Kier alpha value is -2.77. The molecule has 0 atom stereocenters. The van der Waals surface area contributed by atoms with E-state index in [0.29, 0.717) is 30.4 Å². The molecule has 1 aromatic rings. The summed E-state index contributed by atoms with van der Waals surface area (Å²) in [5.74, 6) is -1.26. The number of benzene rings is 1. The van der Waals surface area contributed by atoms with Gasteiger partial charge in [0.2, 0.25) is 5.91 Å². The van der Waals surface area contributed by atoms with E-state index in [9.17, 15) is 14.4 Å². The first-order chi connectivity index (χ1) is 10.1. The average Bonchev–Trinajstić information content (AvgIpc) is 2.79. The van der Waals surface area contributed by atoms with Crippen molar-refractivity contribution in [2.45, 2.75) is 6.42 Å².